The highest BCUT2D eigenvalue weighted by atomic mass is 32.2. The number of carbonyl (C=O) groups is 1. The van der Waals surface area contributed by atoms with Gasteiger partial charge in [0.05, 0.1) is 7.11 Å². The van der Waals surface area contributed by atoms with Crippen LogP contribution in [0.4, 0.5) is 0 Å². The zero-order chi connectivity index (χ0) is 20.0. The van der Waals surface area contributed by atoms with Gasteiger partial charge < -0.3 is 14.5 Å². The molecule has 3 aliphatic rings. The molecular formula is C22H32N2O2S. The number of carbonyl (C=O) groups excluding carboxylic acids is 1. The number of ether oxygens (including phenoxy) is 1. The summed E-state index contributed by atoms with van der Waals surface area (Å²) in [6, 6.07) is 0. The number of nitrogens with zero attached hydrogens (tertiary/aromatic N) is 2. The van der Waals surface area contributed by atoms with E-state index < -0.39 is 0 Å². The van der Waals surface area contributed by atoms with Crippen molar-refractivity contribution >= 4 is 17.7 Å². The fourth-order valence-corrected chi connectivity index (χ4v) is 6.13. The minimum atomic E-state index is -0.215. The van der Waals surface area contributed by atoms with Crippen LogP contribution in [0, 0.1) is 16.7 Å². The molecule has 3 unspecified atom stereocenters. The highest BCUT2D eigenvalue weighted by Gasteiger charge is 2.54. The monoisotopic (exact) mass is 388 g/mol. The van der Waals surface area contributed by atoms with E-state index in [9.17, 15) is 4.79 Å². The largest absolute Gasteiger partial charge is 0.497 e. The van der Waals surface area contributed by atoms with Crippen LogP contribution in [-0.4, -0.2) is 47.7 Å². The number of amides is 1. The summed E-state index contributed by atoms with van der Waals surface area (Å²) >= 11 is 1.80. The molecule has 0 aromatic heterocycles. The van der Waals surface area contributed by atoms with E-state index in [-0.39, 0.29) is 28.2 Å². The van der Waals surface area contributed by atoms with Crippen LogP contribution in [0.5, 0.6) is 0 Å². The number of hydrogen-bond donors (Lipinski definition) is 0. The molecule has 3 rings (SSSR count). The quantitative estimate of drug-likeness (QED) is 0.654. The third-order valence-electron chi connectivity index (χ3n) is 6.02. The van der Waals surface area contributed by atoms with Crippen molar-refractivity contribution in [3.8, 4) is 0 Å². The Hall–Kier alpha value is -1.62. The first-order valence-electron chi connectivity index (χ1n) is 9.66. The zero-order valence-corrected chi connectivity index (χ0v) is 18.2. The second-order valence-corrected chi connectivity index (χ2v) is 9.89. The van der Waals surface area contributed by atoms with E-state index in [4.69, 9.17) is 4.74 Å². The molecule has 4 nitrogen and oxygen atoms in total. The molecule has 0 aromatic carbocycles. The van der Waals surface area contributed by atoms with E-state index in [0.29, 0.717) is 6.54 Å². The topological polar surface area (TPSA) is 32.8 Å². The summed E-state index contributed by atoms with van der Waals surface area (Å²) in [5.74, 6) is 2.20. The summed E-state index contributed by atoms with van der Waals surface area (Å²) in [7, 11) is 3.85. The van der Waals surface area contributed by atoms with Gasteiger partial charge >= 0.3 is 0 Å². The molecule has 0 fully saturated rings. The fraction of sp³-hybridized carbons (Fsp3) is 0.591. The lowest BCUT2D eigenvalue weighted by Gasteiger charge is -2.56. The maximum atomic E-state index is 13.6. The van der Waals surface area contributed by atoms with Gasteiger partial charge in [-0.2, -0.15) is 0 Å². The van der Waals surface area contributed by atoms with Crippen LogP contribution in [-0.2, 0) is 9.53 Å². The molecule has 0 aromatic rings. The van der Waals surface area contributed by atoms with Gasteiger partial charge in [0.1, 0.15) is 5.76 Å². The molecule has 3 atom stereocenters. The second-order valence-electron chi connectivity index (χ2n) is 8.55. The summed E-state index contributed by atoms with van der Waals surface area (Å²) in [6.07, 6.45) is 9.26. The summed E-state index contributed by atoms with van der Waals surface area (Å²) in [5.41, 5.74) is 1.85. The SMILES string of the molecule is C=CCN1C(=O)C2=C(C3C=CC(OC)=CC3(C)CC2(C)C)N(C)C1SCC. The maximum absolute atomic E-state index is 13.6. The van der Waals surface area contributed by atoms with Crippen molar-refractivity contribution < 1.29 is 9.53 Å². The standard InChI is InChI=1S/C22H32N2O2S/c1-8-12-24-19(25)17-18(23(6)20(24)27-9-2)16-11-10-15(26-7)13-22(16,5)14-21(17,3)4/h8,10-11,13,16,20H,1,9,12,14H2,2-7H3. The number of fused-ring (bicyclic) bond motifs is 2. The van der Waals surface area contributed by atoms with Crippen LogP contribution in [0.3, 0.4) is 0 Å². The number of methoxy groups -OCH3 is 1. The summed E-state index contributed by atoms with van der Waals surface area (Å²) in [6.45, 7) is 13.3. The molecule has 148 valence electrons. The van der Waals surface area contributed by atoms with Crippen molar-refractivity contribution in [1.29, 1.82) is 0 Å². The smallest absolute Gasteiger partial charge is 0.254 e. The van der Waals surface area contributed by atoms with E-state index in [2.05, 4.69) is 58.4 Å². The van der Waals surface area contributed by atoms with Crippen LogP contribution in [0.15, 0.2) is 47.9 Å². The fourth-order valence-electron chi connectivity index (χ4n) is 5.14. The molecule has 1 heterocycles. The molecule has 0 spiro atoms. The Kier molecular flexibility index (Phi) is 5.28. The van der Waals surface area contributed by atoms with Crippen molar-refractivity contribution in [3.63, 3.8) is 0 Å². The molecule has 2 aliphatic carbocycles. The lowest BCUT2D eigenvalue weighted by Crippen LogP contribution is -2.59. The Morgan fingerprint density at radius 1 is 1.41 bits per heavy atom. The molecule has 1 aliphatic heterocycles. The average Bonchev–Trinajstić information content (AvgIpc) is 2.59. The summed E-state index contributed by atoms with van der Waals surface area (Å²) in [5, 5.41) is 0. The predicted molar refractivity (Wildman–Crippen MR) is 113 cm³/mol. The molecular weight excluding hydrogens is 356 g/mol. The van der Waals surface area contributed by atoms with Gasteiger partial charge in [-0.3, -0.25) is 4.79 Å². The predicted octanol–water partition coefficient (Wildman–Crippen LogP) is 4.39. The van der Waals surface area contributed by atoms with Gasteiger partial charge in [0, 0.05) is 36.2 Å². The first-order valence-corrected chi connectivity index (χ1v) is 10.7. The van der Waals surface area contributed by atoms with Gasteiger partial charge in [-0.1, -0.05) is 39.8 Å². The van der Waals surface area contributed by atoms with Crippen molar-refractivity contribution in [2.75, 3.05) is 26.5 Å². The lowest BCUT2D eigenvalue weighted by atomic mass is 9.56. The van der Waals surface area contributed by atoms with Crippen molar-refractivity contribution in [2.45, 2.75) is 39.6 Å². The first-order chi connectivity index (χ1) is 12.7. The van der Waals surface area contributed by atoms with E-state index in [1.54, 1.807) is 18.9 Å². The van der Waals surface area contributed by atoms with E-state index in [0.717, 1.165) is 23.5 Å². The van der Waals surface area contributed by atoms with Gasteiger partial charge in [0.15, 0.2) is 5.50 Å². The number of allylic oxidation sites excluding steroid dienone is 3. The van der Waals surface area contributed by atoms with Crippen LogP contribution in [0.25, 0.3) is 0 Å². The second kappa shape index (κ2) is 7.08. The van der Waals surface area contributed by atoms with Gasteiger partial charge in [-0.25, -0.2) is 0 Å². The van der Waals surface area contributed by atoms with Gasteiger partial charge in [-0.05, 0) is 29.7 Å². The first kappa shape index (κ1) is 20.1. The lowest BCUT2D eigenvalue weighted by molar-refractivity contribution is -0.133. The molecule has 1 amide bonds. The summed E-state index contributed by atoms with van der Waals surface area (Å²) in [4.78, 5) is 17.9. The third kappa shape index (κ3) is 3.14. The minimum Gasteiger partial charge on any atom is -0.497 e. The maximum Gasteiger partial charge on any atom is 0.254 e. The van der Waals surface area contributed by atoms with E-state index in [1.165, 1.54) is 5.70 Å². The van der Waals surface area contributed by atoms with Crippen LogP contribution < -0.4 is 0 Å². The van der Waals surface area contributed by atoms with Crippen molar-refractivity contribution in [2.24, 2.45) is 16.7 Å². The van der Waals surface area contributed by atoms with Crippen molar-refractivity contribution in [3.05, 3.63) is 47.9 Å². The Morgan fingerprint density at radius 2 is 2.11 bits per heavy atom. The number of hydrogen-bond acceptors (Lipinski definition) is 4. The van der Waals surface area contributed by atoms with Crippen LogP contribution >= 0.6 is 11.8 Å². The molecule has 5 heteroatoms. The number of rotatable bonds is 5. The molecule has 0 saturated heterocycles. The van der Waals surface area contributed by atoms with Crippen LogP contribution in [0.1, 0.15) is 34.1 Å². The van der Waals surface area contributed by atoms with Gasteiger partial charge in [0.2, 0.25) is 0 Å². The summed E-state index contributed by atoms with van der Waals surface area (Å²) < 4.78 is 5.52. The van der Waals surface area contributed by atoms with Gasteiger partial charge in [0.25, 0.3) is 5.91 Å². The van der Waals surface area contributed by atoms with Crippen molar-refractivity contribution in [1.82, 2.24) is 9.80 Å². The molecule has 27 heavy (non-hydrogen) atoms. The normalized spacial score (nSPS) is 32.1. The van der Waals surface area contributed by atoms with E-state index >= 15 is 0 Å². The molecule has 0 N–H and O–H groups in total. The van der Waals surface area contributed by atoms with Gasteiger partial charge in [-0.15, -0.1) is 18.3 Å². The Bertz CT molecular complexity index is 737. The Labute approximate surface area is 168 Å². The number of thioether (sulfide) groups is 1. The molecule has 0 saturated carbocycles. The van der Waals surface area contributed by atoms with Crippen LogP contribution in [0.2, 0.25) is 0 Å². The molecule has 0 bridgehead atoms. The Morgan fingerprint density at radius 3 is 2.70 bits per heavy atom. The average molecular weight is 389 g/mol. The minimum absolute atomic E-state index is 0.00129. The third-order valence-corrected chi connectivity index (χ3v) is 7.22. The Balaban J connectivity index is 2.18. The van der Waals surface area contributed by atoms with E-state index in [1.807, 2.05) is 17.1 Å². The molecule has 0 radical (unpaired) electrons. The zero-order valence-electron chi connectivity index (χ0n) is 17.4. The highest BCUT2D eigenvalue weighted by Crippen LogP contribution is 2.58. The highest BCUT2D eigenvalue weighted by molar-refractivity contribution is 7.99.